The van der Waals surface area contributed by atoms with Crippen LogP contribution in [0.25, 0.3) is 11.3 Å². The fourth-order valence-electron chi connectivity index (χ4n) is 5.01. The van der Waals surface area contributed by atoms with Gasteiger partial charge in [-0.1, -0.05) is 44.2 Å². The van der Waals surface area contributed by atoms with Crippen LogP contribution in [0.4, 0.5) is 5.69 Å². The zero-order chi connectivity index (χ0) is 28.9. The number of carboxylic acid groups (broad SMARTS) is 1. The lowest BCUT2D eigenvalue weighted by atomic mass is 9.82. The van der Waals surface area contributed by atoms with Gasteiger partial charge in [-0.15, -0.1) is 0 Å². The molecule has 0 saturated carbocycles. The number of nitrogens with zero attached hydrogens (tertiary/aromatic N) is 3. The van der Waals surface area contributed by atoms with Gasteiger partial charge in [0.2, 0.25) is 0 Å². The molecule has 1 atom stereocenters. The quantitative estimate of drug-likeness (QED) is 0.274. The van der Waals surface area contributed by atoms with Gasteiger partial charge in [-0.3, -0.25) is 4.98 Å². The second-order valence-corrected chi connectivity index (χ2v) is 12.5. The Bertz CT molecular complexity index is 1290. The van der Waals surface area contributed by atoms with Crippen LogP contribution in [0.5, 0.6) is 5.75 Å². The summed E-state index contributed by atoms with van der Waals surface area (Å²) in [4.78, 5) is 23.7. The van der Waals surface area contributed by atoms with E-state index < -0.39 is 17.7 Å². The van der Waals surface area contributed by atoms with E-state index in [0.717, 1.165) is 67.2 Å². The Morgan fingerprint density at radius 1 is 1.10 bits per heavy atom. The summed E-state index contributed by atoms with van der Waals surface area (Å²) >= 11 is 0. The molecule has 4 rings (SSSR count). The molecule has 40 heavy (non-hydrogen) atoms. The van der Waals surface area contributed by atoms with Crippen LogP contribution in [-0.4, -0.2) is 46.3 Å². The van der Waals surface area contributed by atoms with Gasteiger partial charge < -0.3 is 19.5 Å². The van der Waals surface area contributed by atoms with Gasteiger partial charge in [-0.25, -0.2) is 9.78 Å². The third kappa shape index (κ3) is 7.81. The first-order valence-electron chi connectivity index (χ1n) is 14.2. The summed E-state index contributed by atoms with van der Waals surface area (Å²) in [5, 5.41) is 9.87. The maximum Gasteiger partial charge on any atom is 0.337 e. The summed E-state index contributed by atoms with van der Waals surface area (Å²) in [6.45, 7) is 14.6. The highest BCUT2D eigenvalue weighted by Gasteiger charge is 2.29. The molecule has 214 valence electrons. The van der Waals surface area contributed by atoms with E-state index in [9.17, 15) is 9.90 Å². The number of benzene rings is 1. The predicted molar refractivity (Wildman–Crippen MR) is 159 cm³/mol. The number of rotatable bonds is 10. The van der Waals surface area contributed by atoms with Crippen LogP contribution in [0.2, 0.25) is 0 Å². The SMILES string of the molecule is Cc1nc(-c2cncc(C(OC(C)(C)C)C(=O)O)c2)cc(N2CCC(C)(C)CC2)c1OCCCc1ccccc1. The molecule has 1 saturated heterocycles. The van der Waals surface area contributed by atoms with Crippen LogP contribution in [0, 0.1) is 12.3 Å². The molecule has 7 heteroatoms. The average molecular weight is 546 g/mol. The van der Waals surface area contributed by atoms with Crippen molar-refractivity contribution in [3.05, 3.63) is 71.7 Å². The Balaban J connectivity index is 1.63. The third-order valence-corrected chi connectivity index (χ3v) is 7.33. The van der Waals surface area contributed by atoms with Crippen molar-refractivity contribution in [2.24, 2.45) is 5.41 Å². The lowest BCUT2D eigenvalue weighted by Crippen LogP contribution is -2.37. The fourth-order valence-corrected chi connectivity index (χ4v) is 5.01. The second-order valence-electron chi connectivity index (χ2n) is 12.5. The molecular weight excluding hydrogens is 502 g/mol. The number of pyridine rings is 2. The number of piperidine rings is 1. The summed E-state index contributed by atoms with van der Waals surface area (Å²) in [5.74, 6) is -0.228. The van der Waals surface area contributed by atoms with Gasteiger partial charge in [0.1, 0.15) is 0 Å². The van der Waals surface area contributed by atoms with E-state index in [0.29, 0.717) is 17.6 Å². The molecule has 1 fully saturated rings. The maximum absolute atomic E-state index is 12.1. The van der Waals surface area contributed by atoms with Crippen molar-refractivity contribution >= 4 is 11.7 Å². The maximum atomic E-state index is 12.1. The van der Waals surface area contributed by atoms with Crippen LogP contribution in [0.15, 0.2) is 54.9 Å². The zero-order valence-electron chi connectivity index (χ0n) is 24.7. The smallest absolute Gasteiger partial charge is 0.337 e. The lowest BCUT2D eigenvalue weighted by molar-refractivity contribution is -0.160. The van der Waals surface area contributed by atoms with E-state index in [1.165, 1.54) is 5.56 Å². The van der Waals surface area contributed by atoms with Crippen molar-refractivity contribution in [3.63, 3.8) is 0 Å². The van der Waals surface area contributed by atoms with Gasteiger partial charge in [-0.05, 0) is 76.5 Å². The molecule has 1 unspecified atom stereocenters. The molecule has 3 heterocycles. The van der Waals surface area contributed by atoms with Gasteiger partial charge in [0, 0.05) is 36.6 Å². The number of carboxylic acids is 1. The minimum Gasteiger partial charge on any atom is -0.489 e. The van der Waals surface area contributed by atoms with E-state index in [1.807, 2.05) is 39.8 Å². The Kier molecular flexibility index (Phi) is 9.14. The number of aromatic nitrogens is 2. The molecular formula is C33H43N3O4. The molecule has 0 radical (unpaired) electrons. The lowest BCUT2D eigenvalue weighted by Gasteiger charge is -2.39. The van der Waals surface area contributed by atoms with E-state index in [-0.39, 0.29) is 0 Å². The summed E-state index contributed by atoms with van der Waals surface area (Å²) in [5.41, 5.74) is 4.81. The van der Waals surface area contributed by atoms with Crippen LogP contribution in [-0.2, 0) is 16.0 Å². The molecule has 1 N–H and O–H groups in total. The summed E-state index contributed by atoms with van der Waals surface area (Å²) in [6, 6.07) is 14.3. The van der Waals surface area contributed by atoms with Gasteiger partial charge in [0.05, 0.1) is 29.3 Å². The minimum absolute atomic E-state index is 0.315. The predicted octanol–water partition coefficient (Wildman–Crippen LogP) is 7.03. The van der Waals surface area contributed by atoms with E-state index in [1.54, 1.807) is 12.4 Å². The highest BCUT2D eigenvalue weighted by molar-refractivity contribution is 5.76. The molecule has 1 aliphatic rings. The van der Waals surface area contributed by atoms with Crippen LogP contribution >= 0.6 is 0 Å². The molecule has 3 aromatic rings. The van der Waals surface area contributed by atoms with Crippen molar-refractivity contribution in [3.8, 4) is 17.0 Å². The first-order chi connectivity index (χ1) is 18.9. The van der Waals surface area contributed by atoms with Crippen molar-refractivity contribution in [1.82, 2.24) is 9.97 Å². The molecule has 1 aromatic carbocycles. The number of ether oxygens (including phenoxy) is 2. The van der Waals surface area contributed by atoms with Crippen molar-refractivity contribution < 1.29 is 19.4 Å². The number of anilines is 1. The molecule has 0 aliphatic carbocycles. The Morgan fingerprint density at radius 3 is 2.45 bits per heavy atom. The van der Waals surface area contributed by atoms with Crippen LogP contribution in [0.3, 0.4) is 0 Å². The first-order valence-corrected chi connectivity index (χ1v) is 14.2. The van der Waals surface area contributed by atoms with Crippen LogP contribution < -0.4 is 9.64 Å². The minimum atomic E-state index is -1.12. The third-order valence-electron chi connectivity index (χ3n) is 7.33. The number of carbonyl (C=O) groups is 1. The van der Waals surface area contributed by atoms with E-state index in [4.69, 9.17) is 14.5 Å². The van der Waals surface area contributed by atoms with Crippen molar-refractivity contribution in [2.75, 3.05) is 24.6 Å². The van der Waals surface area contributed by atoms with Gasteiger partial charge in [-0.2, -0.15) is 0 Å². The Morgan fingerprint density at radius 2 is 1.80 bits per heavy atom. The first kappa shape index (κ1) is 29.5. The normalized spacial score (nSPS) is 16.0. The molecule has 2 aromatic heterocycles. The van der Waals surface area contributed by atoms with Gasteiger partial charge in [0.25, 0.3) is 0 Å². The van der Waals surface area contributed by atoms with Crippen LogP contribution in [0.1, 0.15) is 76.8 Å². The highest BCUT2D eigenvalue weighted by Crippen LogP contribution is 2.40. The van der Waals surface area contributed by atoms with Crippen molar-refractivity contribution in [1.29, 1.82) is 0 Å². The number of hydrogen-bond donors (Lipinski definition) is 1. The molecule has 7 nitrogen and oxygen atoms in total. The standard InChI is InChI=1S/C33H43N3O4/c1-23-29(39-18-10-13-24-11-8-7-9-12-24)28(36-16-14-33(5,6)15-17-36)20-27(35-23)25-19-26(22-34-21-25)30(31(37)38)40-32(2,3)4/h7-9,11-12,19-22,30H,10,13-18H2,1-6H3,(H,37,38). The molecule has 0 bridgehead atoms. The van der Waals surface area contributed by atoms with Gasteiger partial charge in [0.15, 0.2) is 11.9 Å². The molecule has 0 amide bonds. The topological polar surface area (TPSA) is 84.8 Å². The fraction of sp³-hybridized carbons (Fsp3) is 0.485. The average Bonchev–Trinajstić information content (AvgIpc) is 2.90. The highest BCUT2D eigenvalue weighted by atomic mass is 16.5. The largest absolute Gasteiger partial charge is 0.489 e. The summed E-state index contributed by atoms with van der Waals surface area (Å²) in [6.07, 6.45) is 6.22. The van der Waals surface area contributed by atoms with Gasteiger partial charge >= 0.3 is 5.97 Å². The Hall–Kier alpha value is -3.45. The van der Waals surface area contributed by atoms with Crippen molar-refractivity contribution in [2.45, 2.75) is 78.9 Å². The molecule has 1 aliphatic heterocycles. The second kappa shape index (κ2) is 12.4. The molecule has 0 spiro atoms. The number of aliphatic carboxylic acids is 1. The number of hydrogen-bond acceptors (Lipinski definition) is 6. The monoisotopic (exact) mass is 545 g/mol. The zero-order valence-corrected chi connectivity index (χ0v) is 24.7. The Labute approximate surface area is 238 Å². The summed E-state index contributed by atoms with van der Waals surface area (Å²) < 4.78 is 12.3. The van der Waals surface area contributed by atoms with E-state index >= 15 is 0 Å². The van der Waals surface area contributed by atoms with E-state index in [2.05, 4.69) is 54.1 Å². The number of aryl methyl sites for hydroxylation is 2. The summed E-state index contributed by atoms with van der Waals surface area (Å²) in [7, 11) is 0.